The van der Waals surface area contributed by atoms with Crippen LogP contribution in [0.4, 0.5) is 13.2 Å². The number of nitrogens with zero attached hydrogens (tertiary/aromatic N) is 2. The van der Waals surface area contributed by atoms with E-state index in [0.717, 1.165) is 16.7 Å². The molecule has 1 heterocycles. The lowest BCUT2D eigenvalue weighted by atomic mass is 9.82. The highest BCUT2D eigenvalue weighted by Crippen LogP contribution is 2.59. The summed E-state index contributed by atoms with van der Waals surface area (Å²) in [5.41, 5.74) is 1.15. The summed E-state index contributed by atoms with van der Waals surface area (Å²) in [5, 5.41) is 15.2. The molecule has 0 spiro atoms. The number of halogens is 3. The molecule has 4 rings (SSSR count). The van der Waals surface area contributed by atoms with Crippen molar-refractivity contribution in [1.29, 1.82) is 0 Å². The van der Waals surface area contributed by atoms with Crippen molar-refractivity contribution < 1.29 is 18.3 Å². The molecule has 1 atom stereocenters. The molecule has 0 aliphatic heterocycles. The standard InChI is InChI=1S/C21H19F3N2O.C2H6/c1-11-12(2)17(14-9-25-26(4)10-14)18-15-7-5-6-8-16(15)20(27,21(22,23)24)19(18)13(11)3;1-2/h5-10,27H,1-4H3;1-2H3/t20-;/m1./s1. The molecule has 2 aromatic carbocycles. The van der Waals surface area contributed by atoms with Gasteiger partial charge < -0.3 is 5.11 Å². The van der Waals surface area contributed by atoms with Gasteiger partial charge in [0.25, 0.3) is 0 Å². The summed E-state index contributed by atoms with van der Waals surface area (Å²) < 4.78 is 44.2. The van der Waals surface area contributed by atoms with Crippen molar-refractivity contribution in [3.05, 3.63) is 64.5 Å². The Balaban J connectivity index is 0.00000117. The van der Waals surface area contributed by atoms with Gasteiger partial charge >= 0.3 is 6.18 Å². The van der Waals surface area contributed by atoms with Crippen LogP contribution in [0.5, 0.6) is 0 Å². The predicted molar refractivity (Wildman–Crippen MR) is 109 cm³/mol. The highest BCUT2D eigenvalue weighted by Gasteiger charge is 2.62. The van der Waals surface area contributed by atoms with Crippen LogP contribution in [0.15, 0.2) is 36.7 Å². The van der Waals surface area contributed by atoms with Crippen molar-refractivity contribution in [3.63, 3.8) is 0 Å². The molecule has 0 radical (unpaired) electrons. The molecule has 1 N–H and O–H groups in total. The number of fused-ring (bicyclic) bond motifs is 3. The minimum atomic E-state index is -4.84. The largest absolute Gasteiger partial charge is 0.425 e. The number of alkyl halides is 3. The molecule has 1 aromatic heterocycles. The van der Waals surface area contributed by atoms with Gasteiger partial charge in [-0.05, 0) is 54.2 Å². The lowest BCUT2D eigenvalue weighted by molar-refractivity contribution is -0.246. The van der Waals surface area contributed by atoms with Gasteiger partial charge in [0.05, 0.1) is 6.20 Å². The Morgan fingerprint density at radius 1 is 0.966 bits per heavy atom. The predicted octanol–water partition coefficient (Wildman–Crippen LogP) is 5.82. The van der Waals surface area contributed by atoms with Crippen molar-refractivity contribution in [2.45, 2.75) is 46.4 Å². The first kappa shape index (κ1) is 21.1. The Kier molecular flexibility index (Phi) is 5.11. The van der Waals surface area contributed by atoms with Gasteiger partial charge in [-0.2, -0.15) is 18.3 Å². The van der Waals surface area contributed by atoms with Gasteiger partial charge in [-0.1, -0.05) is 38.1 Å². The topological polar surface area (TPSA) is 38.0 Å². The Morgan fingerprint density at radius 2 is 1.59 bits per heavy atom. The van der Waals surface area contributed by atoms with Crippen molar-refractivity contribution in [2.24, 2.45) is 7.05 Å². The number of aryl methyl sites for hydroxylation is 1. The number of benzene rings is 2. The lowest BCUT2D eigenvalue weighted by Gasteiger charge is -2.31. The van der Waals surface area contributed by atoms with Crippen LogP contribution in [0.3, 0.4) is 0 Å². The molecule has 0 amide bonds. The highest BCUT2D eigenvalue weighted by molar-refractivity contribution is 5.95. The van der Waals surface area contributed by atoms with Crippen molar-refractivity contribution in [3.8, 4) is 22.3 Å². The second-order valence-corrected chi connectivity index (χ2v) is 7.16. The zero-order valence-corrected chi connectivity index (χ0v) is 17.4. The summed E-state index contributed by atoms with van der Waals surface area (Å²) in [6.45, 7) is 9.35. The summed E-state index contributed by atoms with van der Waals surface area (Å²) in [7, 11) is 1.76. The second-order valence-electron chi connectivity index (χ2n) is 7.16. The smallest absolute Gasteiger partial charge is 0.372 e. The third-order valence-electron chi connectivity index (χ3n) is 5.73. The molecule has 154 valence electrons. The molecular weight excluding hydrogens is 377 g/mol. The first-order valence-electron chi connectivity index (χ1n) is 9.61. The van der Waals surface area contributed by atoms with Crippen LogP contribution in [0.1, 0.15) is 41.7 Å². The lowest BCUT2D eigenvalue weighted by Crippen LogP contribution is -2.42. The number of hydrogen-bond acceptors (Lipinski definition) is 2. The van der Waals surface area contributed by atoms with Crippen LogP contribution >= 0.6 is 0 Å². The SMILES string of the molecule is CC.Cc1c(C)c(-c2cnn(C)c2)c2c(c1C)[C@@](O)(C(F)(F)F)c1ccccc1-2. The summed E-state index contributed by atoms with van der Waals surface area (Å²) >= 11 is 0. The quantitative estimate of drug-likeness (QED) is 0.557. The van der Waals surface area contributed by atoms with E-state index in [1.165, 1.54) is 12.1 Å². The number of aliphatic hydroxyl groups is 1. The normalized spacial score (nSPS) is 17.4. The Morgan fingerprint density at radius 3 is 2.14 bits per heavy atom. The fourth-order valence-electron chi connectivity index (χ4n) is 4.23. The monoisotopic (exact) mass is 402 g/mol. The molecule has 3 nitrogen and oxygen atoms in total. The fraction of sp³-hybridized carbons (Fsp3) is 0.348. The third kappa shape index (κ3) is 2.81. The van der Waals surface area contributed by atoms with Crippen LogP contribution in [0, 0.1) is 20.8 Å². The van der Waals surface area contributed by atoms with E-state index in [1.807, 2.05) is 20.8 Å². The first-order chi connectivity index (χ1) is 13.6. The molecule has 0 saturated heterocycles. The molecule has 0 bridgehead atoms. The highest BCUT2D eigenvalue weighted by atomic mass is 19.4. The van der Waals surface area contributed by atoms with Crippen LogP contribution in [0.25, 0.3) is 22.3 Å². The van der Waals surface area contributed by atoms with E-state index < -0.39 is 11.8 Å². The van der Waals surface area contributed by atoms with Gasteiger partial charge in [-0.3, -0.25) is 4.68 Å². The zero-order chi connectivity index (χ0) is 21.7. The van der Waals surface area contributed by atoms with Crippen LogP contribution in [0.2, 0.25) is 0 Å². The zero-order valence-electron chi connectivity index (χ0n) is 17.4. The molecule has 0 fully saturated rings. The summed E-state index contributed by atoms with van der Waals surface area (Å²) in [6.07, 6.45) is -1.41. The average Bonchev–Trinajstić information content (AvgIpc) is 3.22. The van der Waals surface area contributed by atoms with E-state index >= 15 is 0 Å². The van der Waals surface area contributed by atoms with E-state index in [1.54, 1.807) is 50.1 Å². The van der Waals surface area contributed by atoms with Gasteiger partial charge in [-0.15, -0.1) is 0 Å². The third-order valence-corrected chi connectivity index (χ3v) is 5.73. The van der Waals surface area contributed by atoms with E-state index in [4.69, 9.17) is 0 Å². The van der Waals surface area contributed by atoms with Gasteiger partial charge in [0, 0.05) is 29.9 Å². The van der Waals surface area contributed by atoms with Crippen molar-refractivity contribution in [1.82, 2.24) is 9.78 Å². The molecule has 6 heteroatoms. The Hall–Kier alpha value is -2.60. The molecule has 3 aromatic rings. The Bertz CT molecular complexity index is 1080. The summed E-state index contributed by atoms with van der Waals surface area (Å²) in [4.78, 5) is 0. The van der Waals surface area contributed by atoms with Crippen LogP contribution < -0.4 is 0 Å². The first-order valence-corrected chi connectivity index (χ1v) is 9.61. The molecule has 1 aliphatic carbocycles. The maximum atomic E-state index is 14.2. The van der Waals surface area contributed by atoms with Gasteiger partial charge in [0.15, 0.2) is 0 Å². The molecular formula is C23H25F3N2O. The number of rotatable bonds is 1. The fourth-order valence-corrected chi connectivity index (χ4v) is 4.23. The maximum absolute atomic E-state index is 14.2. The van der Waals surface area contributed by atoms with Crippen LogP contribution in [-0.4, -0.2) is 21.1 Å². The molecule has 0 saturated carbocycles. The molecule has 1 aliphatic rings. The number of hydrogen-bond donors (Lipinski definition) is 1. The minimum absolute atomic E-state index is 0.0712. The summed E-state index contributed by atoms with van der Waals surface area (Å²) in [5.74, 6) is 0. The van der Waals surface area contributed by atoms with E-state index in [0.29, 0.717) is 22.3 Å². The molecule has 29 heavy (non-hydrogen) atoms. The minimum Gasteiger partial charge on any atom is -0.372 e. The van der Waals surface area contributed by atoms with Crippen LogP contribution in [-0.2, 0) is 12.6 Å². The summed E-state index contributed by atoms with van der Waals surface area (Å²) in [6, 6.07) is 6.23. The van der Waals surface area contributed by atoms with Crippen molar-refractivity contribution in [2.75, 3.05) is 0 Å². The van der Waals surface area contributed by atoms with Gasteiger partial charge in [0.2, 0.25) is 5.60 Å². The van der Waals surface area contributed by atoms with Gasteiger partial charge in [0.1, 0.15) is 0 Å². The maximum Gasteiger partial charge on any atom is 0.425 e. The van der Waals surface area contributed by atoms with Crippen molar-refractivity contribution >= 4 is 0 Å². The van der Waals surface area contributed by atoms with Gasteiger partial charge in [-0.25, -0.2) is 0 Å². The van der Waals surface area contributed by atoms with E-state index in [9.17, 15) is 18.3 Å². The second kappa shape index (κ2) is 7.02. The number of aromatic nitrogens is 2. The molecule has 0 unspecified atom stereocenters. The Labute approximate surface area is 168 Å². The van der Waals surface area contributed by atoms with E-state index in [2.05, 4.69) is 5.10 Å². The van der Waals surface area contributed by atoms with E-state index in [-0.39, 0.29) is 11.1 Å². The average molecular weight is 402 g/mol.